The quantitative estimate of drug-likeness (QED) is 0.511. The van der Waals surface area contributed by atoms with Crippen LogP contribution in [0.25, 0.3) is 0 Å². The van der Waals surface area contributed by atoms with Gasteiger partial charge in [-0.15, -0.1) is 21.5 Å². The first kappa shape index (κ1) is 20.4. The van der Waals surface area contributed by atoms with Crippen molar-refractivity contribution in [2.24, 2.45) is 5.73 Å². The minimum Gasteiger partial charge on any atom is -0.484 e. The van der Waals surface area contributed by atoms with Gasteiger partial charge < -0.3 is 20.2 Å². The predicted octanol–water partition coefficient (Wildman–Crippen LogP) is 3.34. The number of rotatable bonds is 8. The monoisotopic (exact) mass is 444 g/mol. The molecule has 0 bridgehead atoms. The molecule has 10 heteroatoms. The number of nitrogens with two attached hydrogens (primary N) is 1. The summed E-state index contributed by atoms with van der Waals surface area (Å²) in [4.78, 5) is 25.3. The van der Waals surface area contributed by atoms with E-state index in [1.807, 2.05) is 31.2 Å². The number of benzene rings is 1. The van der Waals surface area contributed by atoms with Crippen LogP contribution in [0.15, 0.2) is 33.9 Å². The van der Waals surface area contributed by atoms with Crippen molar-refractivity contribution in [3.8, 4) is 5.75 Å². The molecule has 0 spiro atoms. The molecule has 1 aliphatic rings. The van der Waals surface area contributed by atoms with Gasteiger partial charge in [-0.1, -0.05) is 23.9 Å². The molecule has 30 heavy (non-hydrogen) atoms. The van der Waals surface area contributed by atoms with Crippen LogP contribution >= 0.6 is 23.1 Å². The van der Waals surface area contributed by atoms with E-state index in [0.717, 1.165) is 52.8 Å². The maximum atomic E-state index is 12.3. The smallest absolute Gasteiger partial charge is 0.277 e. The minimum atomic E-state index is -0.507. The number of hydrogen-bond donors (Lipinski definition) is 2. The van der Waals surface area contributed by atoms with Crippen LogP contribution in [0.1, 0.15) is 38.7 Å². The number of nitrogens with one attached hydrogen (secondary N) is 1. The number of nitrogens with zero attached hydrogens (tertiary/aromatic N) is 2. The van der Waals surface area contributed by atoms with Gasteiger partial charge in [0.15, 0.2) is 6.61 Å². The van der Waals surface area contributed by atoms with E-state index in [1.165, 1.54) is 11.3 Å². The summed E-state index contributed by atoms with van der Waals surface area (Å²) in [7, 11) is 0. The second-order valence-electron chi connectivity index (χ2n) is 6.83. The number of aryl methyl sites for hydroxylation is 2. The minimum absolute atomic E-state index is 0.0706. The molecule has 0 radical (unpaired) electrons. The third-order valence-electron chi connectivity index (χ3n) is 4.55. The lowest BCUT2D eigenvalue weighted by atomic mass is 10.1. The van der Waals surface area contributed by atoms with E-state index in [-0.39, 0.29) is 23.5 Å². The molecule has 0 atom stereocenters. The number of primary amides is 1. The van der Waals surface area contributed by atoms with E-state index in [4.69, 9.17) is 14.9 Å². The summed E-state index contributed by atoms with van der Waals surface area (Å²) in [6.07, 6.45) is 2.75. The normalized spacial score (nSPS) is 12.6. The standard InChI is InChI=1S/C20H20N4O4S2/c1-11-4-2-5-12(8-11)27-9-16-23-24-20(28-16)29-10-15(25)22-19-17(18(21)26)13-6-3-7-14(13)30-19/h2,4-5,8H,3,6-7,9-10H2,1H3,(H2,21,26)(H,22,25). The number of hydrogen-bond acceptors (Lipinski definition) is 8. The molecule has 8 nitrogen and oxygen atoms in total. The fourth-order valence-electron chi connectivity index (χ4n) is 3.25. The van der Waals surface area contributed by atoms with Crippen LogP contribution in [-0.2, 0) is 24.2 Å². The van der Waals surface area contributed by atoms with Gasteiger partial charge >= 0.3 is 0 Å². The van der Waals surface area contributed by atoms with Crippen LogP contribution in [-0.4, -0.2) is 27.8 Å². The zero-order valence-corrected chi connectivity index (χ0v) is 17.9. The average molecular weight is 445 g/mol. The van der Waals surface area contributed by atoms with E-state index >= 15 is 0 Å². The van der Waals surface area contributed by atoms with Gasteiger partial charge in [0.05, 0.1) is 11.3 Å². The Morgan fingerprint density at radius 3 is 3.00 bits per heavy atom. The zero-order chi connectivity index (χ0) is 21.1. The average Bonchev–Trinajstić information content (AvgIpc) is 3.40. The lowest BCUT2D eigenvalue weighted by Gasteiger charge is -2.05. The molecule has 1 aromatic carbocycles. The topological polar surface area (TPSA) is 120 Å². The molecule has 0 saturated heterocycles. The number of fused-ring (bicyclic) bond motifs is 1. The predicted molar refractivity (Wildman–Crippen MR) is 114 cm³/mol. The van der Waals surface area contributed by atoms with Crippen LogP contribution < -0.4 is 15.8 Å². The number of aromatic nitrogens is 2. The molecule has 0 aliphatic heterocycles. The molecular weight excluding hydrogens is 424 g/mol. The summed E-state index contributed by atoms with van der Waals surface area (Å²) in [5.41, 5.74) is 8.03. The molecule has 3 N–H and O–H groups in total. The molecule has 0 fully saturated rings. The van der Waals surface area contributed by atoms with Crippen molar-refractivity contribution < 1.29 is 18.7 Å². The summed E-state index contributed by atoms with van der Waals surface area (Å²) < 4.78 is 11.1. The number of thioether (sulfide) groups is 1. The Kier molecular flexibility index (Phi) is 6.05. The number of carbonyl (C=O) groups excluding carboxylic acids is 2. The molecule has 1 aliphatic carbocycles. The lowest BCUT2D eigenvalue weighted by molar-refractivity contribution is -0.113. The summed E-state index contributed by atoms with van der Waals surface area (Å²) in [5.74, 6) is 0.340. The van der Waals surface area contributed by atoms with Gasteiger partial charge in [0.25, 0.3) is 17.0 Å². The van der Waals surface area contributed by atoms with E-state index in [1.54, 1.807) is 0 Å². The van der Waals surface area contributed by atoms with Crippen molar-refractivity contribution in [1.29, 1.82) is 0 Å². The fourth-order valence-corrected chi connectivity index (χ4v) is 5.14. The van der Waals surface area contributed by atoms with Gasteiger partial charge in [-0.25, -0.2) is 0 Å². The fraction of sp³-hybridized carbons (Fsp3) is 0.300. The SMILES string of the molecule is Cc1cccc(OCc2nnc(SCC(=O)Nc3sc4c(c3C(N)=O)CCC4)o2)c1. The summed E-state index contributed by atoms with van der Waals surface area (Å²) in [6.45, 7) is 2.13. The van der Waals surface area contributed by atoms with Crippen molar-refractivity contribution in [3.05, 3.63) is 51.7 Å². The maximum Gasteiger partial charge on any atom is 0.277 e. The molecule has 2 heterocycles. The van der Waals surface area contributed by atoms with Crippen molar-refractivity contribution in [2.75, 3.05) is 11.1 Å². The van der Waals surface area contributed by atoms with Crippen molar-refractivity contribution in [1.82, 2.24) is 10.2 Å². The number of carbonyl (C=O) groups is 2. The highest BCUT2D eigenvalue weighted by atomic mass is 32.2. The van der Waals surface area contributed by atoms with Gasteiger partial charge in [0, 0.05) is 4.88 Å². The van der Waals surface area contributed by atoms with Gasteiger partial charge in [-0.2, -0.15) is 0 Å². The highest BCUT2D eigenvalue weighted by Crippen LogP contribution is 2.38. The first-order valence-corrected chi connectivity index (χ1v) is 11.2. The van der Waals surface area contributed by atoms with Gasteiger partial charge in [-0.3, -0.25) is 9.59 Å². The van der Waals surface area contributed by atoms with Gasteiger partial charge in [-0.05, 0) is 49.4 Å². The van der Waals surface area contributed by atoms with E-state index in [0.29, 0.717) is 16.5 Å². The third kappa shape index (κ3) is 4.65. The first-order valence-electron chi connectivity index (χ1n) is 9.38. The second-order valence-corrected chi connectivity index (χ2v) is 8.86. The van der Waals surface area contributed by atoms with Gasteiger partial charge in [0.1, 0.15) is 10.8 Å². The second kappa shape index (κ2) is 8.88. The third-order valence-corrected chi connectivity index (χ3v) is 6.57. The van der Waals surface area contributed by atoms with E-state index in [9.17, 15) is 9.59 Å². The Balaban J connectivity index is 1.30. The van der Waals surface area contributed by atoms with Crippen molar-refractivity contribution in [3.63, 3.8) is 0 Å². The molecule has 156 valence electrons. The Morgan fingerprint density at radius 2 is 2.20 bits per heavy atom. The van der Waals surface area contributed by atoms with E-state index in [2.05, 4.69) is 15.5 Å². The number of thiophene rings is 1. The molecule has 3 aromatic rings. The Hall–Kier alpha value is -2.85. The molecule has 2 amide bonds. The molecular formula is C20H20N4O4S2. The van der Waals surface area contributed by atoms with Crippen LogP contribution in [0.3, 0.4) is 0 Å². The Labute approximate surface area is 181 Å². The van der Waals surface area contributed by atoms with Crippen LogP contribution in [0.2, 0.25) is 0 Å². The van der Waals surface area contributed by atoms with Crippen LogP contribution in [0, 0.1) is 6.92 Å². The molecule has 0 unspecified atom stereocenters. The lowest BCUT2D eigenvalue weighted by Crippen LogP contribution is -2.18. The van der Waals surface area contributed by atoms with Crippen LogP contribution in [0.5, 0.6) is 5.75 Å². The number of ether oxygens (including phenoxy) is 1. The van der Waals surface area contributed by atoms with Crippen LogP contribution in [0.4, 0.5) is 5.00 Å². The highest BCUT2D eigenvalue weighted by molar-refractivity contribution is 7.99. The first-order chi connectivity index (χ1) is 14.5. The maximum absolute atomic E-state index is 12.3. The number of amides is 2. The highest BCUT2D eigenvalue weighted by Gasteiger charge is 2.26. The Bertz CT molecular complexity index is 1090. The molecule has 2 aromatic heterocycles. The molecule has 0 saturated carbocycles. The van der Waals surface area contributed by atoms with Gasteiger partial charge in [0.2, 0.25) is 5.91 Å². The van der Waals surface area contributed by atoms with E-state index < -0.39 is 5.91 Å². The zero-order valence-electron chi connectivity index (χ0n) is 16.3. The Morgan fingerprint density at radius 1 is 1.33 bits per heavy atom. The van der Waals surface area contributed by atoms with Crippen molar-refractivity contribution >= 4 is 39.9 Å². The van der Waals surface area contributed by atoms with Crippen molar-refractivity contribution in [2.45, 2.75) is 38.0 Å². The number of anilines is 1. The summed E-state index contributed by atoms with van der Waals surface area (Å²) in [6, 6.07) is 7.65. The molecule has 4 rings (SSSR count). The largest absolute Gasteiger partial charge is 0.484 e. The summed E-state index contributed by atoms with van der Waals surface area (Å²) in [5, 5.41) is 11.5. The summed E-state index contributed by atoms with van der Waals surface area (Å²) >= 11 is 2.54.